The van der Waals surface area contributed by atoms with Gasteiger partial charge in [0.25, 0.3) is 0 Å². The molecule has 2 aliphatic rings. The number of rotatable bonds is 0. The molecule has 1 aliphatic heterocycles. The van der Waals surface area contributed by atoms with Crippen LogP contribution in [0.3, 0.4) is 0 Å². The minimum absolute atomic E-state index is 0.117. The van der Waals surface area contributed by atoms with Gasteiger partial charge in [0.1, 0.15) is 0 Å². The van der Waals surface area contributed by atoms with E-state index in [0.717, 1.165) is 13.0 Å². The summed E-state index contributed by atoms with van der Waals surface area (Å²) in [6.07, 6.45) is 4.23. The lowest BCUT2D eigenvalue weighted by atomic mass is 9.69. The van der Waals surface area contributed by atoms with Gasteiger partial charge in [0, 0.05) is 18.4 Å². The molecule has 1 N–H and O–H groups in total. The molecular formula is C13H15NO. The molecule has 1 saturated heterocycles. The Bertz CT molecular complexity index is 413. The Morgan fingerprint density at radius 2 is 2.13 bits per heavy atom. The van der Waals surface area contributed by atoms with Crippen LogP contribution in [0.15, 0.2) is 24.3 Å². The summed E-state index contributed by atoms with van der Waals surface area (Å²) in [5, 5.41) is 2.98. The predicted molar refractivity (Wildman–Crippen MR) is 58.7 cm³/mol. The van der Waals surface area contributed by atoms with Crippen LogP contribution in [0.1, 0.15) is 30.4 Å². The number of fused-ring (bicyclic) bond motifs is 2. The van der Waals surface area contributed by atoms with Gasteiger partial charge in [-0.3, -0.25) is 4.79 Å². The van der Waals surface area contributed by atoms with Gasteiger partial charge in [0.05, 0.1) is 0 Å². The van der Waals surface area contributed by atoms with Crippen molar-refractivity contribution in [3.8, 4) is 0 Å². The highest BCUT2D eigenvalue weighted by molar-refractivity contribution is 5.81. The third-order valence-corrected chi connectivity index (χ3v) is 3.81. The van der Waals surface area contributed by atoms with Gasteiger partial charge in [-0.15, -0.1) is 0 Å². The fourth-order valence-electron chi connectivity index (χ4n) is 3.07. The zero-order valence-electron chi connectivity index (χ0n) is 8.75. The number of hydrogen-bond acceptors (Lipinski definition) is 1. The van der Waals surface area contributed by atoms with E-state index in [1.807, 2.05) is 0 Å². The summed E-state index contributed by atoms with van der Waals surface area (Å²) in [4.78, 5) is 11.4. The third kappa shape index (κ3) is 1.28. The van der Waals surface area contributed by atoms with Gasteiger partial charge >= 0.3 is 0 Å². The number of carbonyl (C=O) groups excluding carboxylic acids is 1. The molecule has 78 valence electrons. The molecule has 1 aromatic carbocycles. The Labute approximate surface area is 89.7 Å². The number of aryl methyl sites for hydroxylation is 1. The second kappa shape index (κ2) is 3.09. The highest BCUT2D eigenvalue weighted by atomic mass is 16.1. The quantitative estimate of drug-likeness (QED) is 0.681. The molecule has 1 fully saturated rings. The highest BCUT2D eigenvalue weighted by Crippen LogP contribution is 2.41. The topological polar surface area (TPSA) is 29.1 Å². The summed E-state index contributed by atoms with van der Waals surface area (Å²) in [6.45, 7) is 0.836. The first kappa shape index (κ1) is 8.96. The van der Waals surface area contributed by atoms with Crippen LogP contribution >= 0.6 is 0 Å². The summed E-state index contributed by atoms with van der Waals surface area (Å²) in [7, 11) is 0. The van der Waals surface area contributed by atoms with Gasteiger partial charge in [-0.05, 0) is 30.4 Å². The second-order valence-electron chi connectivity index (χ2n) is 4.74. The Balaban J connectivity index is 2.09. The van der Waals surface area contributed by atoms with E-state index in [2.05, 4.69) is 29.6 Å². The molecule has 1 heterocycles. The van der Waals surface area contributed by atoms with Crippen LogP contribution in [-0.2, 0) is 16.6 Å². The molecule has 3 rings (SSSR count). The summed E-state index contributed by atoms with van der Waals surface area (Å²) in [5.74, 6) is 0.215. The van der Waals surface area contributed by atoms with Gasteiger partial charge in [-0.2, -0.15) is 0 Å². The Morgan fingerprint density at radius 3 is 2.93 bits per heavy atom. The van der Waals surface area contributed by atoms with Gasteiger partial charge in [-0.25, -0.2) is 0 Å². The third-order valence-electron chi connectivity index (χ3n) is 3.81. The van der Waals surface area contributed by atoms with Gasteiger partial charge < -0.3 is 5.32 Å². The van der Waals surface area contributed by atoms with E-state index in [9.17, 15) is 4.79 Å². The number of hydrogen-bond donors (Lipinski definition) is 1. The summed E-state index contributed by atoms with van der Waals surface area (Å²) < 4.78 is 0. The average molecular weight is 201 g/mol. The van der Waals surface area contributed by atoms with E-state index in [1.54, 1.807) is 0 Å². The van der Waals surface area contributed by atoms with Gasteiger partial charge in [0.15, 0.2) is 0 Å². The van der Waals surface area contributed by atoms with Crippen LogP contribution in [-0.4, -0.2) is 12.5 Å². The number of amides is 1. The van der Waals surface area contributed by atoms with Crippen molar-refractivity contribution in [2.24, 2.45) is 0 Å². The van der Waals surface area contributed by atoms with Gasteiger partial charge in [0.2, 0.25) is 5.91 Å². The molecule has 1 atom stereocenters. The van der Waals surface area contributed by atoms with Crippen LogP contribution in [0.25, 0.3) is 0 Å². The monoisotopic (exact) mass is 201 g/mol. The Hall–Kier alpha value is -1.31. The Kier molecular flexibility index (Phi) is 1.84. The molecule has 1 spiro atoms. The molecule has 2 nitrogen and oxygen atoms in total. The molecule has 1 aromatic rings. The smallest absolute Gasteiger partial charge is 0.220 e. The lowest BCUT2D eigenvalue weighted by Gasteiger charge is -2.34. The van der Waals surface area contributed by atoms with Crippen molar-refractivity contribution in [3.63, 3.8) is 0 Å². The van der Waals surface area contributed by atoms with Crippen molar-refractivity contribution < 1.29 is 4.79 Å². The minimum atomic E-state index is 0.117. The van der Waals surface area contributed by atoms with Crippen LogP contribution in [0, 0.1) is 0 Å². The van der Waals surface area contributed by atoms with Crippen molar-refractivity contribution in [2.75, 3.05) is 6.54 Å². The molecule has 0 radical (unpaired) electrons. The maximum absolute atomic E-state index is 11.4. The SMILES string of the molecule is O=C1C[C@]2(CCCc3ccccc32)CN1. The van der Waals surface area contributed by atoms with E-state index in [1.165, 1.54) is 24.0 Å². The van der Waals surface area contributed by atoms with E-state index in [0.29, 0.717) is 6.42 Å². The van der Waals surface area contributed by atoms with Crippen molar-refractivity contribution in [1.82, 2.24) is 5.32 Å². The molecule has 15 heavy (non-hydrogen) atoms. The van der Waals surface area contributed by atoms with E-state index in [-0.39, 0.29) is 11.3 Å². The lowest BCUT2D eigenvalue weighted by Crippen LogP contribution is -2.33. The zero-order valence-corrected chi connectivity index (χ0v) is 8.75. The summed E-state index contributed by atoms with van der Waals surface area (Å²) >= 11 is 0. The molecule has 0 unspecified atom stereocenters. The van der Waals surface area contributed by atoms with Crippen molar-refractivity contribution in [3.05, 3.63) is 35.4 Å². The first-order valence-corrected chi connectivity index (χ1v) is 5.65. The minimum Gasteiger partial charge on any atom is -0.355 e. The van der Waals surface area contributed by atoms with E-state index < -0.39 is 0 Å². The van der Waals surface area contributed by atoms with Crippen LogP contribution in [0.4, 0.5) is 0 Å². The lowest BCUT2D eigenvalue weighted by molar-refractivity contribution is -0.119. The normalized spacial score (nSPS) is 28.9. The standard InChI is InChI=1S/C13H15NO/c15-12-8-13(9-14-12)7-3-5-10-4-1-2-6-11(10)13/h1-2,4,6H,3,5,7-9H2,(H,14,15)/t13-/m1/s1. The highest BCUT2D eigenvalue weighted by Gasteiger charge is 2.42. The summed E-state index contributed by atoms with van der Waals surface area (Å²) in [5.41, 5.74) is 2.97. The molecule has 2 heteroatoms. The van der Waals surface area contributed by atoms with Crippen LogP contribution in [0.2, 0.25) is 0 Å². The first-order chi connectivity index (χ1) is 7.30. The Morgan fingerprint density at radius 1 is 1.27 bits per heavy atom. The van der Waals surface area contributed by atoms with E-state index >= 15 is 0 Å². The molecule has 1 aliphatic carbocycles. The molecule has 1 amide bonds. The van der Waals surface area contributed by atoms with Crippen molar-refractivity contribution in [2.45, 2.75) is 31.1 Å². The second-order valence-corrected chi connectivity index (χ2v) is 4.74. The largest absolute Gasteiger partial charge is 0.355 e. The summed E-state index contributed by atoms with van der Waals surface area (Å²) in [6, 6.07) is 8.60. The van der Waals surface area contributed by atoms with Crippen LogP contribution in [0.5, 0.6) is 0 Å². The number of benzene rings is 1. The molecule has 0 bridgehead atoms. The van der Waals surface area contributed by atoms with Gasteiger partial charge in [-0.1, -0.05) is 24.3 Å². The molecular weight excluding hydrogens is 186 g/mol. The fraction of sp³-hybridized carbons (Fsp3) is 0.462. The van der Waals surface area contributed by atoms with E-state index in [4.69, 9.17) is 0 Å². The predicted octanol–water partition coefficient (Wildman–Crippen LogP) is 1.78. The molecule has 0 aromatic heterocycles. The maximum atomic E-state index is 11.4. The van der Waals surface area contributed by atoms with Crippen molar-refractivity contribution in [1.29, 1.82) is 0 Å². The average Bonchev–Trinajstić information content (AvgIpc) is 2.62. The first-order valence-electron chi connectivity index (χ1n) is 5.65. The zero-order chi connectivity index (χ0) is 10.3. The fourth-order valence-corrected chi connectivity index (χ4v) is 3.07. The number of carbonyl (C=O) groups is 1. The molecule has 0 saturated carbocycles. The van der Waals surface area contributed by atoms with Crippen LogP contribution < -0.4 is 5.32 Å². The number of nitrogens with one attached hydrogen (secondary N) is 1. The van der Waals surface area contributed by atoms with Crippen molar-refractivity contribution >= 4 is 5.91 Å². The maximum Gasteiger partial charge on any atom is 0.220 e.